The molecule has 1 aromatic rings. The average molecular weight is 185 g/mol. The fourth-order valence-electron chi connectivity index (χ4n) is 1.50. The summed E-state index contributed by atoms with van der Waals surface area (Å²) in [6.07, 6.45) is 2.27. The lowest BCUT2D eigenvalue weighted by molar-refractivity contribution is 0.345. The van der Waals surface area contributed by atoms with Gasteiger partial charge in [-0.15, -0.1) is 0 Å². The second-order valence-electron chi connectivity index (χ2n) is 2.83. The van der Waals surface area contributed by atoms with Gasteiger partial charge in [-0.05, 0) is 24.2 Å². The van der Waals surface area contributed by atoms with Crippen LogP contribution in [0.15, 0.2) is 9.79 Å². The van der Waals surface area contributed by atoms with E-state index in [1.807, 2.05) is 4.68 Å². The Morgan fingerprint density at radius 3 is 2.67 bits per heavy atom. The number of hydrogen-bond acceptors (Lipinski definition) is 3. The third-order valence-electron chi connectivity index (χ3n) is 2.08. The summed E-state index contributed by atoms with van der Waals surface area (Å²) in [5.41, 5.74) is 0. The molecular formula is C7H11N3OS. The van der Waals surface area contributed by atoms with Gasteiger partial charge in [-0.3, -0.25) is 14.5 Å². The molecule has 0 aliphatic carbocycles. The van der Waals surface area contributed by atoms with Crippen molar-refractivity contribution in [1.82, 2.24) is 9.36 Å². The van der Waals surface area contributed by atoms with Crippen LogP contribution in [0.25, 0.3) is 0 Å². The van der Waals surface area contributed by atoms with Gasteiger partial charge in [0.2, 0.25) is 4.80 Å². The van der Waals surface area contributed by atoms with Crippen LogP contribution in [-0.4, -0.2) is 16.4 Å². The maximum Gasteiger partial charge on any atom is 0.325 e. The molecule has 0 saturated heterocycles. The summed E-state index contributed by atoms with van der Waals surface area (Å²) in [5.74, 6) is 0. The van der Waals surface area contributed by atoms with Crippen molar-refractivity contribution < 1.29 is 0 Å². The highest BCUT2D eigenvalue weighted by atomic mass is 32.1. The largest absolute Gasteiger partial charge is 0.325 e. The number of aromatic nitrogens is 2. The Hall–Kier alpha value is -0.840. The topological polar surface area (TPSA) is 39.3 Å². The molecule has 1 aromatic heterocycles. The molecule has 0 spiro atoms. The van der Waals surface area contributed by atoms with Crippen LogP contribution in [-0.2, 0) is 13.1 Å². The molecule has 2 heterocycles. The van der Waals surface area contributed by atoms with Crippen LogP contribution in [0.2, 0.25) is 0 Å². The SMILES string of the molecule is C/N=c1\sc(=O)n2n1CCCC2. The van der Waals surface area contributed by atoms with Gasteiger partial charge in [-0.1, -0.05) is 0 Å². The van der Waals surface area contributed by atoms with E-state index in [-0.39, 0.29) is 4.87 Å². The second-order valence-corrected chi connectivity index (χ2v) is 3.75. The Morgan fingerprint density at radius 1 is 1.33 bits per heavy atom. The number of hydrogen-bond donors (Lipinski definition) is 0. The first kappa shape index (κ1) is 7.79. The highest BCUT2D eigenvalue weighted by Crippen LogP contribution is 2.02. The molecule has 12 heavy (non-hydrogen) atoms. The van der Waals surface area contributed by atoms with Crippen LogP contribution in [0.3, 0.4) is 0 Å². The molecule has 0 fully saturated rings. The molecule has 0 N–H and O–H groups in total. The Labute approximate surface area is 73.8 Å². The van der Waals surface area contributed by atoms with Crippen molar-refractivity contribution in [2.45, 2.75) is 25.9 Å². The van der Waals surface area contributed by atoms with Crippen LogP contribution in [0.5, 0.6) is 0 Å². The average Bonchev–Trinajstić information content (AvgIpc) is 2.44. The molecule has 5 heteroatoms. The fraction of sp³-hybridized carbons (Fsp3) is 0.714. The Balaban J connectivity index is 2.70. The minimum absolute atomic E-state index is 0.121. The minimum Gasteiger partial charge on any atom is -0.261 e. The van der Waals surface area contributed by atoms with Gasteiger partial charge in [0.1, 0.15) is 0 Å². The van der Waals surface area contributed by atoms with Crippen LogP contribution in [0.1, 0.15) is 12.8 Å². The van der Waals surface area contributed by atoms with Crippen molar-refractivity contribution in [2.75, 3.05) is 7.05 Å². The van der Waals surface area contributed by atoms with Crippen molar-refractivity contribution in [2.24, 2.45) is 4.99 Å². The molecule has 0 saturated carbocycles. The standard InChI is InChI=1S/C7H11N3OS/c1-8-6-9-4-2-3-5-10(9)7(11)12-6/h2-5H2,1H3/b8-6-. The van der Waals surface area contributed by atoms with Crippen LogP contribution >= 0.6 is 11.3 Å². The Bertz CT molecular complexity index is 398. The van der Waals surface area contributed by atoms with Gasteiger partial charge in [-0.25, -0.2) is 4.68 Å². The molecule has 0 bridgehead atoms. The van der Waals surface area contributed by atoms with Gasteiger partial charge in [0.25, 0.3) is 0 Å². The number of nitrogens with zero attached hydrogens (tertiary/aromatic N) is 3. The molecule has 0 aromatic carbocycles. The summed E-state index contributed by atoms with van der Waals surface area (Å²) < 4.78 is 3.77. The first-order valence-electron chi connectivity index (χ1n) is 4.06. The van der Waals surface area contributed by atoms with Gasteiger partial charge in [0, 0.05) is 20.1 Å². The summed E-state index contributed by atoms with van der Waals surface area (Å²) in [7, 11) is 1.73. The third kappa shape index (κ3) is 1.04. The van der Waals surface area contributed by atoms with Crippen molar-refractivity contribution in [1.29, 1.82) is 0 Å². The lowest BCUT2D eigenvalue weighted by atomic mass is 10.3. The first-order valence-corrected chi connectivity index (χ1v) is 4.88. The van der Waals surface area contributed by atoms with E-state index in [1.54, 1.807) is 11.7 Å². The van der Waals surface area contributed by atoms with Gasteiger partial charge in [-0.2, -0.15) is 0 Å². The highest BCUT2D eigenvalue weighted by molar-refractivity contribution is 7.06. The van der Waals surface area contributed by atoms with E-state index in [4.69, 9.17) is 0 Å². The maximum absolute atomic E-state index is 11.3. The molecule has 0 amide bonds. The van der Waals surface area contributed by atoms with E-state index in [0.29, 0.717) is 0 Å². The van der Waals surface area contributed by atoms with Crippen LogP contribution in [0.4, 0.5) is 0 Å². The van der Waals surface area contributed by atoms with Crippen LogP contribution < -0.4 is 9.67 Å². The summed E-state index contributed by atoms with van der Waals surface area (Å²) in [6.45, 7) is 1.79. The molecule has 0 unspecified atom stereocenters. The van der Waals surface area contributed by atoms with Crippen molar-refractivity contribution in [3.05, 3.63) is 14.5 Å². The molecule has 2 rings (SSSR count). The molecule has 1 aliphatic heterocycles. The molecule has 1 aliphatic rings. The van der Waals surface area contributed by atoms with E-state index in [0.717, 1.165) is 30.7 Å². The van der Waals surface area contributed by atoms with E-state index >= 15 is 0 Å². The normalized spacial score (nSPS) is 17.9. The van der Waals surface area contributed by atoms with E-state index in [1.165, 1.54) is 11.3 Å². The first-order chi connectivity index (χ1) is 5.83. The summed E-state index contributed by atoms with van der Waals surface area (Å²) >= 11 is 1.23. The quantitative estimate of drug-likeness (QED) is 0.562. The fourth-order valence-corrected chi connectivity index (χ4v) is 2.34. The van der Waals surface area contributed by atoms with Crippen LogP contribution in [0, 0.1) is 0 Å². The van der Waals surface area contributed by atoms with E-state index < -0.39 is 0 Å². The predicted octanol–water partition coefficient (Wildman–Crippen LogP) is 0.0356. The number of rotatable bonds is 0. The molecule has 4 nitrogen and oxygen atoms in total. The van der Waals surface area contributed by atoms with Gasteiger partial charge >= 0.3 is 4.87 Å². The third-order valence-corrected chi connectivity index (χ3v) is 3.04. The zero-order chi connectivity index (χ0) is 8.55. The zero-order valence-corrected chi connectivity index (χ0v) is 7.80. The summed E-state index contributed by atoms with van der Waals surface area (Å²) in [4.78, 5) is 16.4. The van der Waals surface area contributed by atoms with Crippen molar-refractivity contribution in [3.8, 4) is 0 Å². The predicted molar refractivity (Wildman–Crippen MR) is 47.3 cm³/mol. The van der Waals surface area contributed by atoms with Crippen molar-refractivity contribution >= 4 is 11.3 Å². The molecule has 0 radical (unpaired) electrons. The van der Waals surface area contributed by atoms with Gasteiger partial charge < -0.3 is 0 Å². The summed E-state index contributed by atoms with van der Waals surface area (Å²) in [5, 5.41) is 0. The Kier molecular flexibility index (Phi) is 1.88. The van der Waals surface area contributed by atoms with Gasteiger partial charge in [0.15, 0.2) is 0 Å². The van der Waals surface area contributed by atoms with E-state index in [2.05, 4.69) is 4.99 Å². The maximum atomic E-state index is 11.3. The Morgan fingerprint density at radius 2 is 2.00 bits per heavy atom. The minimum atomic E-state index is 0.121. The van der Waals surface area contributed by atoms with Gasteiger partial charge in [0.05, 0.1) is 0 Å². The second kappa shape index (κ2) is 2.90. The summed E-state index contributed by atoms with van der Waals surface area (Å²) in [6, 6.07) is 0. The molecule has 66 valence electrons. The highest BCUT2D eigenvalue weighted by Gasteiger charge is 2.11. The number of fused-ring (bicyclic) bond motifs is 1. The van der Waals surface area contributed by atoms with Crippen molar-refractivity contribution in [3.63, 3.8) is 0 Å². The molecular weight excluding hydrogens is 174 g/mol. The molecule has 0 atom stereocenters. The van der Waals surface area contributed by atoms with E-state index in [9.17, 15) is 4.79 Å². The lowest BCUT2D eigenvalue weighted by Crippen LogP contribution is -2.31. The monoisotopic (exact) mass is 185 g/mol. The smallest absolute Gasteiger partial charge is 0.261 e. The lowest BCUT2D eigenvalue weighted by Gasteiger charge is -2.15. The zero-order valence-electron chi connectivity index (χ0n) is 6.99.